The minimum absolute atomic E-state index is 0.0164. The second kappa shape index (κ2) is 3.94. The molecule has 2 N–H and O–H groups in total. The first-order valence-corrected chi connectivity index (χ1v) is 4.23. The van der Waals surface area contributed by atoms with Crippen molar-refractivity contribution < 1.29 is 9.13 Å². The zero-order valence-corrected chi connectivity index (χ0v) is 8.23. The average Bonchev–Trinajstić information content (AvgIpc) is 2.09. The van der Waals surface area contributed by atoms with Gasteiger partial charge in [-0.25, -0.2) is 4.39 Å². The molecule has 1 aromatic carbocycles. The molecule has 0 bridgehead atoms. The quantitative estimate of drug-likeness (QED) is 0.802. The van der Waals surface area contributed by atoms with Gasteiger partial charge in [-0.15, -0.1) is 0 Å². The summed E-state index contributed by atoms with van der Waals surface area (Å²) in [6.07, 6.45) is 0. The number of ether oxygens (including phenoxy) is 1. The summed E-state index contributed by atoms with van der Waals surface area (Å²) in [5.74, 6) is -0.181. The smallest absolute Gasteiger partial charge is 0.150 e. The molecule has 0 fully saturated rings. The van der Waals surface area contributed by atoms with Gasteiger partial charge in [0.15, 0.2) is 0 Å². The van der Waals surface area contributed by atoms with Gasteiger partial charge in [0.25, 0.3) is 0 Å². The molecule has 0 radical (unpaired) electrons. The lowest BCUT2D eigenvalue weighted by atomic mass is 10.1. The second-order valence-corrected chi connectivity index (χ2v) is 3.15. The predicted octanol–water partition coefficient (Wildman–Crippen LogP) is 2.51. The Bertz CT molecular complexity index is 315. The topological polar surface area (TPSA) is 35.2 Å². The molecule has 4 heteroatoms. The Balaban J connectivity index is 3.23. The third-order valence-corrected chi connectivity index (χ3v) is 2.14. The van der Waals surface area contributed by atoms with E-state index in [1.165, 1.54) is 7.11 Å². The Labute approximate surface area is 81.4 Å². The maximum atomic E-state index is 13.4. The van der Waals surface area contributed by atoms with Crippen molar-refractivity contribution >= 4 is 11.6 Å². The lowest BCUT2D eigenvalue weighted by Crippen LogP contribution is -2.07. The van der Waals surface area contributed by atoms with Crippen LogP contribution in [-0.2, 0) is 0 Å². The Hall–Kier alpha value is -0.800. The first-order chi connectivity index (χ1) is 6.07. The van der Waals surface area contributed by atoms with Crippen LogP contribution in [0.25, 0.3) is 0 Å². The molecule has 1 unspecified atom stereocenters. The van der Waals surface area contributed by atoms with E-state index in [9.17, 15) is 4.39 Å². The molecule has 0 saturated carbocycles. The molecule has 0 spiro atoms. The van der Waals surface area contributed by atoms with Crippen LogP contribution in [-0.4, -0.2) is 7.11 Å². The normalized spacial score (nSPS) is 12.7. The number of hydrogen-bond donors (Lipinski definition) is 1. The monoisotopic (exact) mass is 203 g/mol. The third-order valence-electron chi connectivity index (χ3n) is 1.79. The van der Waals surface area contributed by atoms with Crippen LogP contribution in [0.15, 0.2) is 12.1 Å². The fourth-order valence-electron chi connectivity index (χ4n) is 1.06. The first-order valence-electron chi connectivity index (χ1n) is 3.85. The highest BCUT2D eigenvalue weighted by Gasteiger charge is 2.13. The number of benzene rings is 1. The van der Waals surface area contributed by atoms with Gasteiger partial charge in [0.1, 0.15) is 16.6 Å². The highest BCUT2D eigenvalue weighted by molar-refractivity contribution is 6.32. The summed E-state index contributed by atoms with van der Waals surface area (Å²) in [6, 6.07) is 2.80. The molecule has 0 amide bonds. The van der Waals surface area contributed by atoms with Crippen molar-refractivity contribution in [2.75, 3.05) is 7.11 Å². The molecule has 72 valence electrons. The van der Waals surface area contributed by atoms with Gasteiger partial charge < -0.3 is 10.5 Å². The maximum absolute atomic E-state index is 13.4. The van der Waals surface area contributed by atoms with Crippen LogP contribution in [0.5, 0.6) is 5.75 Å². The van der Waals surface area contributed by atoms with Gasteiger partial charge in [0.2, 0.25) is 0 Å². The second-order valence-electron chi connectivity index (χ2n) is 2.77. The number of hydrogen-bond acceptors (Lipinski definition) is 2. The van der Waals surface area contributed by atoms with Gasteiger partial charge in [-0.2, -0.15) is 0 Å². The number of methoxy groups -OCH3 is 1. The van der Waals surface area contributed by atoms with Crippen LogP contribution >= 0.6 is 11.6 Å². The van der Waals surface area contributed by atoms with Gasteiger partial charge in [-0.05, 0) is 13.0 Å². The fourth-order valence-corrected chi connectivity index (χ4v) is 1.31. The zero-order chi connectivity index (χ0) is 10.0. The van der Waals surface area contributed by atoms with E-state index < -0.39 is 5.82 Å². The SMILES string of the molecule is COc1ccc(C(C)N)c(F)c1Cl. The molecule has 0 aliphatic rings. The molecular weight excluding hydrogens is 193 g/mol. The van der Waals surface area contributed by atoms with Crippen molar-refractivity contribution in [3.8, 4) is 5.75 Å². The fraction of sp³-hybridized carbons (Fsp3) is 0.333. The van der Waals surface area contributed by atoms with E-state index in [2.05, 4.69) is 0 Å². The Morgan fingerprint density at radius 1 is 1.54 bits per heavy atom. The molecule has 0 heterocycles. The van der Waals surface area contributed by atoms with E-state index >= 15 is 0 Å². The summed E-state index contributed by atoms with van der Waals surface area (Å²) in [7, 11) is 1.44. The van der Waals surface area contributed by atoms with Gasteiger partial charge >= 0.3 is 0 Å². The lowest BCUT2D eigenvalue weighted by molar-refractivity contribution is 0.410. The minimum atomic E-state index is -0.504. The largest absolute Gasteiger partial charge is 0.495 e. The molecule has 0 saturated heterocycles. The number of rotatable bonds is 2. The van der Waals surface area contributed by atoms with Crippen LogP contribution in [0.1, 0.15) is 18.5 Å². The van der Waals surface area contributed by atoms with Crippen LogP contribution in [0.2, 0.25) is 5.02 Å². The Morgan fingerprint density at radius 2 is 2.15 bits per heavy atom. The number of halogens is 2. The van der Waals surface area contributed by atoms with E-state index in [0.29, 0.717) is 11.3 Å². The molecule has 1 atom stereocenters. The standard InChI is InChI=1S/C9H11ClFNO/c1-5(12)6-3-4-7(13-2)8(10)9(6)11/h3-5H,12H2,1-2H3. The van der Waals surface area contributed by atoms with Gasteiger partial charge in [0, 0.05) is 11.6 Å². The van der Waals surface area contributed by atoms with Gasteiger partial charge in [0.05, 0.1) is 7.11 Å². The molecule has 2 nitrogen and oxygen atoms in total. The van der Waals surface area contributed by atoms with Crippen molar-refractivity contribution in [1.29, 1.82) is 0 Å². The van der Waals surface area contributed by atoms with Crippen molar-refractivity contribution in [3.05, 3.63) is 28.5 Å². The van der Waals surface area contributed by atoms with E-state index in [-0.39, 0.29) is 11.1 Å². The molecule has 1 aromatic rings. The third kappa shape index (κ3) is 1.92. The molecule has 0 aliphatic heterocycles. The average molecular weight is 204 g/mol. The molecule has 0 aromatic heterocycles. The van der Waals surface area contributed by atoms with Gasteiger partial charge in [-0.1, -0.05) is 17.7 Å². The highest BCUT2D eigenvalue weighted by atomic mass is 35.5. The van der Waals surface area contributed by atoms with Crippen LogP contribution in [0.3, 0.4) is 0 Å². The maximum Gasteiger partial charge on any atom is 0.150 e. The molecule has 13 heavy (non-hydrogen) atoms. The lowest BCUT2D eigenvalue weighted by Gasteiger charge is -2.10. The van der Waals surface area contributed by atoms with Crippen molar-refractivity contribution in [1.82, 2.24) is 0 Å². The van der Waals surface area contributed by atoms with Crippen molar-refractivity contribution in [2.45, 2.75) is 13.0 Å². The summed E-state index contributed by atoms with van der Waals surface area (Å²) < 4.78 is 18.3. The van der Waals surface area contributed by atoms with Crippen LogP contribution in [0.4, 0.5) is 4.39 Å². The zero-order valence-electron chi connectivity index (χ0n) is 7.47. The molecule has 1 rings (SSSR count). The Morgan fingerprint density at radius 3 is 2.62 bits per heavy atom. The van der Waals surface area contributed by atoms with Gasteiger partial charge in [-0.3, -0.25) is 0 Å². The minimum Gasteiger partial charge on any atom is -0.495 e. The van der Waals surface area contributed by atoms with Crippen molar-refractivity contribution in [2.24, 2.45) is 5.73 Å². The van der Waals surface area contributed by atoms with E-state index in [4.69, 9.17) is 22.1 Å². The van der Waals surface area contributed by atoms with Crippen molar-refractivity contribution in [3.63, 3.8) is 0 Å². The highest BCUT2D eigenvalue weighted by Crippen LogP contribution is 2.30. The predicted molar refractivity (Wildman–Crippen MR) is 50.6 cm³/mol. The summed E-state index contributed by atoms with van der Waals surface area (Å²) >= 11 is 5.69. The summed E-state index contributed by atoms with van der Waals surface area (Å²) in [5.41, 5.74) is 5.93. The molecular formula is C9H11ClFNO. The molecule has 0 aliphatic carbocycles. The summed E-state index contributed by atoms with van der Waals surface area (Å²) in [4.78, 5) is 0. The van der Waals surface area contributed by atoms with E-state index in [1.54, 1.807) is 19.1 Å². The Kier molecular flexibility index (Phi) is 3.12. The van der Waals surface area contributed by atoms with E-state index in [1.807, 2.05) is 0 Å². The summed E-state index contributed by atoms with van der Waals surface area (Å²) in [6.45, 7) is 1.70. The van der Waals surface area contributed by atoms with Crippen LogP contribution in [0, 0.1) is 5.82 Å². The van der Waals surface area contributed by atoms with E-state index in [0.717, 1.165) is 0 Å². The number of nitrogens with two attached hydrogens (primary N) is 1. The summed E-state index contributed by atoms with van der Waals surface area (Å²) in [5, 5.41) is -0.0164. The van der Waals surface area contributed by atoms with Crippen LogP contribution < -0.4 is 10.5 Å². The first kappa shape index (κ1) is 10.3.